The molecule has 5 fully saturated rings. The van der Waals surface area contributed by atoms with Gasteiger partial charge in [0.1, 0.15) is 11.5 Å². The highest BCUT2D eigenvalue weighted by Gasteiger charge is 2.53. The summed E-state index contributed by atoms with van der Waals surface area (Å²) in [6.45, 7) is 7.31. The van der Waals surface area contributed by atoms with E-state index in [0.717, 1.165) is 75.6 Å². The molecule has 3 atom stereocenters. The highest BCUT2D eigenvalue weighted by atomic mass is 16.5. The summed E-state index contributed by atoms with van der Waals surface area (Å²) in [6.07, 6.45) is 14.6. The first-order chi connectivity index (χ1) is 31.8. The van der Waals surface area contributed by atoms with Gasteiger partial charge in [0.05, 0.1) is 5.41 Å². The number of hydrogen-bond donors (Lipinski definition) is 0. The summed E-state index contributed by atoms with van der Waals surface area (Å²) in [7, 11) is 0. The summed E-state index contributed by atoms with van der Waals surface area (Å²) in [5, 5.41) is 0. The van der Waals surface area contributed by atoms with Crippen LogP contribution in [0.3, 0.4) is 0 Å². The number of para-hydroxylation sites is 1. The van der Waals surface area contributed by atoms with Gasteiger partial charge in [0.2, 0.25) is 0 Å². The molecule has 4 heteroatoms. The molecule has 1 aromatic heterocycles. The van der Waals surface area contributed by atoms with Crippen LogP contribution in [0.4, 0.5) is 0 Å². The zero-order chi connectivity index (χ0) is 43.5. The van der Waals surface area contributed by atoms with Gasteiger partial charge in [-0.2, -0.15) is 0 Å². The summed E-state index contributed by atoms with van der Waals surface area (Å²) in [6, 6.07) is 51.8. The third-order valence-electron chi connectivity index (χ3n) is 17.6. The lowest BCUT2D eigenvalue weighted by atomic mass is 9.48. The van der Waals surface area contributed by atoms with Crippen molar-refractivity contribution in [2.24, 2.45) is 29.6 Å². The molecule has 4 bridgehead atoms. The van der Waals surface area contributed by atoms with Gasteiger partial charge in [0.15, 0.2) is 17.5 Å². The minimum Gasteiger partial charge on any atom is -0.457 e. The third-order valence-corrected chi connectivity index (χ3v) is 17.6. The molecule has 1 spiro atoms. The molecule has 0 radical (unpaired) electrons. The quantitative estimate of drug-likeness (QED) is 0.156. The number of nitrogens with zero attached hydrogens (tertiary/aromatic N) is 3. The van der Waals surface area contributed by atoms with Crippen LogP contribution in [0.5, 0.6) is 11.5 Å². The second-order valence-electron chi connectivity index (χ2n) is 21.6. The van der Waals surface area contributed by atoms with E-state index >= 15 is 0 Å². The van der Waals surface area contributed by atoms with Crippen LogP contribution in [0.25, 0.3) is 45.3 Å². The SMILES string of the molecule is CCC1(c2ccc(-c3nc(-c4cccc(C56CC7CC(CC(C7)C5)C6)c4)nc(-c4ccc5c(c4)Oc4ccccc4C54c5ccccc5-c5ccccc54)n3)cc2)CC(C)CC[C@@H](C)C1. The lowest BCUT2D eigenvalue weighted by Crippen LogP contribution is -2.48. The number of fused-ring (bicyclic) bond motifs is 9. The molecule has 5 saturated carbocycles. The van der Waals surface area contributed by atoms with Crippen molar-refractivity contribution in [3.63, 3.8) is 0 Å². The molecule has 7 aromatic rings. The van der Waals surface area contributed by atoms with Crippen molar-refractivity contribution in [1.29, 1.82) is 0 Å². The summed E-state index contributed by atoms with van der Waals surface area (Å²) in [4.78, 5) is 16.2. The van der Waals surface area contributed by atoms with E-state index in [1.165, 1.54) is 103 Å². The largest absolute Gasteiger partial charge is 0.457 e. The van der Waals surface area contributed by atoms with Crippen molar-refractivity contribution in [3.05, 3.63) is 173 Å². The van der Waals surface area contributed by atoms with Gasteiger partial charge in [0.25, 0.3) is 0 Å². The van der Waals surface area contributed by atoms with Crippen LogP contribution in [0.1, 0.15) is 125 Å². The van der Waals surface area contributed by atoms with E-state index in [-0.39, 0.29) is 10.8 Å². The first-order valence-corrected chi connectivity index (χ1v) is 24.9. The second-order valence-corrected chi connectivity index (χ2v) is 21.6. The highest BCUT2D eigenvalue weighted by Crippen LogP contribution is 2.63. The van der Waals surface area contributed by atoms with Gasteiger partial charge < -0.3 is 4.74 Å². The Morgan fingerprint density at radius 2 is 1.00 bits per heavy atom. The average Bonchev–Trinajstić information content (AvgIpc) is 3.53. The van der Waals surface area contributed by atoms with E-state index in [9.17, 15) is 0 Å². The summed E-state index contributed by atoms with van der Waals surface area (Å²) < 4.78 is 6.96. The fraction of sp³-hybridized carbons (Fsp3) is 0.361. The predicted molar refractivity (Wildman–Crippen MR) is 262 cm³/mol. The Morgan fingerprint density at radius 1 is 0.477 bits per heavy atom. The summed E-state index contributed by atoms with van der Waals surface area (Å²) >= 11 is 0. The zero-order valence-electron chi connectivity index (χ0n) is 38.2. The topological polar surface area (TPSA) is 47.9 Å². The maximum atomic E-state index is 6.96. The Balaban J connectivity index is 0.956. The summed E-state index contributed by atoms with van der Waals surface area (Å²) in [5.74, 6) is 7.91. The van der Waals surface area contributed by atoms with E-state index in [1.807, 2.05) is 0 Å². The van der Waals surface area contributed by atoms with Crippen LogP contribution < -0.4 is 4.74 Å². The smallest absolute Gasteiger partial charge is 0.164 e. The monoisotopic (exact) mass is 849 g/mol. The molecule has 6 aromatic carbocycles. The Hall–Kier alpha value is -5.87. The Bertz CT molecular complexity index is 2910. The number of aromatic nitrogens is 3. The van der Waals surface area contributed by atoms with Gasteiger partial charge in [-0.25, -0.2) is 15.0 Å². The molecule has 1 aliphatic heterocycles. The van der Waals surface area contributed by atoms with Gasteiger partial charge in [-0.1, -0.05) is 155 Å². The van der Waals surface area contributed by atoms with Crippen molar-refractivity contribution in [2.45, 2.75) is 108 Å². The van der Waals surface area contributed by atoms with Crippen LogP contribution in [-0.4, -0.2) is 15.0 Å². The number of ether oxygens (including phenoxy) is 1. The molecule has 4 nitrogen and oxygen atoms in total. The second kappa shape index (κ2) is 14.8. The van der Waals surface area contributed by atoms with Gasteiger partial charge in [0, 0.05) is 27.8 Å². The van der Waals surface area contributed by atoms with E-state index in [4.69, 9.17) is 19.7 Å². The minimum absolute atomic E-state index is 0.195. The Kier molecular flexibility index (Phi) is 9.01. The van der Waals surface area contributed by atoms with E-state index in [2.05, 4.69) is 160 Å². The molecular formula is C61H59N3O. The molecule has 14 rings (SSSR count). The van der Waals surface area contributed by atoms with E-state index in [0.29, 0.717) is 11.6 Å². The lowest BCUT2D eigenvalue weighted by Gasteiger charge is -2.57. The maximum absolute atomic E-state index is 6.96. The molecule has 7 aliphatic rings. The molecule has 2 unspecified atom stereocenters. The molecule has 65 heavy (non-hydrogen) atoms. The zero-order valence-corrected chi connectivity index (χ0v) is 38.2. The van der Waals surface area contributed by atoms with Gasteiger partial charge in [-0.15, -0.1) is 0 Å². The molecule has 6 aliphatic carbocycles. The van der Waals surface area contributed by atoms with Crippen LogP contribution in [0.2, 0.25) is 0 Å². The molecular weight excluding hydrogens is 791 g/mol. The van der Waals surface area contributed by atoms with Crippen molar-refractivity contribution >= 4 is 0 Å². The predicted octanol–water partition coefficient (Wildman–Crippen LogP) is 15.3. The Labute approximate surface area is 385 Å². The van der Waals surface area contributed by atoms with Crippen LogP contribution in [-0.2, 0) is 16.2 Å². The average molecular weight is 850 g/mol. The number of hydrogen-bond acceptors (Lipinski definition) is 4. The van der Waals surface area contributed by atoms with Crippen molar-refractivity contribution < 1.29 is 4.74 Å². The van der Waals surface area contributed by atoms with Gasteiger partial charge >= 0.3 is 0 Å². The number of benzene rings is 6. The minimum atomic E-state index is -0.520. The first kappa shape index (κ1) is 39.5. The maximum Gasteiger partial charge on any atom is 0.164 e. The van der Waals surface area contributed by atoms with Crippen molar-refractivity contribution in [1.82, 2.24) is 15.0 Å². The van der Waals surface area contributed by atoms with Crippen LogP contribution in [0, 0.1) is 29.6 Å². The summed E-state index contributed by atoms with van der Waals surface area (Å²) in [5.41, 5.74) is 13.3. The molecule has 324 valence electrons. The standard InChI is InChI=1S/C61H59N3O/c1-4-59(33-38(2)20-21-39(3)34-59)46-25-22-43(23-26-46)56-62-57(44-12-11-13-47(31-44)60-35-40-28-41(36-60)30-42(29-40)37-60)64-58(63-56)45-24-27-53-55(32-45)65-54-19-10-9-18-52(54)61(53)50-16-7-5-14-48(50)49-15-6-8-17-51(49)61/h5-19,22-27,31-32,38-42H,4,20-21,28-30,33-37H2,1-3H3/t38-,39?,40?,41?,42?,59?,60?/m1/s1. The van der Waals surface area contributed by atoms with Crippen molar-refractivity contribution in [2.75, 3.05) is 0 Å². The number of rotatable bonds is 6. The van der Waals surface area contributed by atoms with E-state index < -0.39 is 5.41 Å². The third kappa shape index (κ3) is 6.11. The van der Waals surface area contributed by atoms with Crippen molar-refractivity contribution in [3.8, 4) is 56.8 Å². The van der Waals surface area contributed by atoms with Gasteiger partial charge in [-0.3, -0.25) is 0 Å². The molecule has 0 amide bonds. The van der Waals surface area contributed by atoms with Crippen LogP contribution in [0.15, 0.2) is 140 Å². The normalized spacial score (nSPS) is 27.6. The molecule has 2 heterocycles. The van der Waals surface area contributed by atoms with Crippen LogP contribution >= 0.6 is 0 Å². The Morgan fingerprint density at radius 3 is 1.62 bits per heavy atom. The first-order valence-electron chi connectivity index (χ1n) is 24.9. The fourth-order valence-corrected chi connectivity index (χ4v) is 15.1. The van der Waals surface area contributed by atoms with E-state index in [1.54, 1.807) is 0 Å². The highest BCUT2D eigenvalue weighted by molar-refractivity contribution is 5.89. The fourth-order valence-electron chi connectivity index (χ4n) is 15.1. The van der Waals surface area contributed by atoms with Gasteiger partial charge in [-0.05, 0) is 150 Å². The lowest BCUT2D eigenvalue weighted by molar-refractivity contribution is -0.00517. The molecule has 0 N–H and O–H groups in total. The molecule has 0 saturated heterocycles.